The van der Waals surface area contributed by atoms with Gasteiger partial charge < -0.3 is 9.52 Å². The normalized spacial score (nSPS) is 11.1. The number of fused-ring (bicyclic) bond motifs is 1. The fraction of sp³-hybridized carbons (Fsp3) is 0. The van der Waals surface area contributed by atoms with Crippen molar-refractivity contribution >= 4 is 34.8 Å². The van der Waals surface area contributed by atoms with E-state index in [1.165, 1.54) is 30.4 Å². The highest BCUT2D eigenvalue weighted by Crippen LogP contribution is 2.26. The first-order chi connectivity index (χ1) is 11.1. The monoisotopic (exact) mass is 309 g/mol. The topological polar surface area (TPSA) is 93.6 Å². The standard InChI is InChI=1S/C17H11NO5/c19-17(20)14-5-3-6-15(18(21)22)13(14)9-8-12-10-11-4-1-2-7-16(11)23-12/h1-10H,(H,19,20)/b9-8+. The lowest BCUT2D eigenvalue weighted by atomic mass is 10.0. The van der Waals surface area contributed by atoms with Gasteiger partial charge in [0, 0.05) is 11.5 Å². The van der Waals surface area contributed by atoms with E-state index in [0.717, 1.165) is 5.39 Å². The molecule has 6 heteroatoms. The van der Waals surface area contributed by atoms with E-state index in [2.05, 4.69) is 0 Å². The SMILES string of the molecule is O=C(O)c1cccc([N+](=O)[O-])c1/C=C/c1cc2ccccc2o1. The molecule has 2 aromatic carbocycles. The molecule has 0 fully saturated rings. The summed E-state index contributed by atoms with van der Waals surface area (Å²) in [5, 5.41) is 21.2. The third-order valence-electron chi connectivity index (χ3n) is 3.37. The van der Waals surface area contributed by atoms with Crippen molar-refractivity contribution in [1.82, 2.24) is 0 Å². The maximum absolute atomic E-state index is 11.3. The molecule has 0 spiro atoms. The molecule has 1 heterocycles. The molecule has 0 saturated carbocycles. The van der Waals surface area contributed by atoms with Gasteiger partial charge in [0.1, 0.15) is 11.3 Å². The Kier molecular flexibility index (Phi) is 3.64. The molecule has 1 aromatic heterocycles. The van der Waals surface area contributed by atoms with Gasteiger partial charge in [-0.3, -0.25) is 10.1 Å². The van der Waals surface area contributed by atoms with Gasteiger partial charge in [0.15, 0.2) is 0 Å². The van der Waals surface area contributed by atoms with Gasteiger partial charge in [0.05, 0.1) is 16.1 Å². The lowest BCUT2D eigenvalue weighted by Gasteiger charge is -2.02. The largest absolute Gasteiger partial charge is 0.478 e. The highest BCUT2D eigenvalue weighted by molar-refractivity contribution is 5.95. The quantitative estimate of drug-likeness (QED) is 0.575. The predicted molar refractivity (Wildman–Crippen MR) is 85.2 cm³/mol. The van der Waals surface area contributed by atoms with Gasteiger partial charge in [-0.25, -0.2) is 4.79 Å². The molecule has 23 heavy (non-hydrogen) atoms. The zero-order chi connectivity index (χ0) is 16.4. The van der Waals surface area contributed by atoms with Crippen LogP contribution in [-0.4, -0.2) is 16.0 Å². The number of rotatable bonds is 4. The number of furan rings is 1. The molecular formula is C17H11NO5. The Morgan fingerprint density at radius 2 is 1.91 bits per heavy atom. The number of nitrogens with zero attached hydrogens (tertiary/aromatic N) is 1. The summed E-state index contributed by atoms with van der Waals surface area (Å²) in [6.07, 6.45) is 2.91. The number of para-hydroxylation sites is 1. The van der Waals surface area contributed by atoms with Gasteiger partial charge in [0.2, 0.25) is 0 Å². The predicted octanol–water partition coefficient (Wildman–Crippen LogP) is 4.21. The van der Waals surface area contributed by atoms with Crippen LogP contribution in [-0.2, 0) is 0 Å². The third kappa shape index (κ3) is 2.82. The second-order valence-corrected chi connectivity index (χ2v) is 4.82. The number of hydrogen-bond donors (Lipinski definition) is 1. The third-order valence-corrected chi connectivity index (χ3v) is 3.37. The molecule has 0 amide bonds. The van der Waals surface area contributed by atoms with Crippen molar-refractivity contribution in [2.45, 2.75) is 0 Å². The minimum absolute atomic E-state index is 0.0328. The van der Waals surface area contributed by atoms with E-state index in [9.17, 15) is 20.0 Å². The fourth-order valence-corrected chi connectivity index (χ4v) is 2.32. The molecule has 0 bridgehead atoms. The second-order valence-electron chi connectivity index (χ2n) is 4.82. The molecule has 0 saturated heterocycles. The number of nitro benzene ring substituents is 1. The molecule has 1 N–H and O–H groups in total. The fourth-order valence-electron chi connectivity index (χ4n) is 2.32. The van der Waals surface area contributed by atoms with Crippen molar-refractivity contribution in [3.8, 4) is 0 Å². The molecule has 0 atom stereocenters. The average Bonchev–Trinajstić information content (AvgIpc) is 2.95. The molecule has 0 aliphatic heterocycles. The summed E-state index contributed by atoms with van der Waals surface area (Å²) in [4.78, 5) is 21.8. The van der Waals surface area contributed by atoms with Crippen molar-refractivity contribution < 1.29 is 19.2 Å². The van der Waals surface area contributed by atoms with Gasteiger partial charge in [-0.2, -0.15) is 0 Å². The minimum Gasteiger partial charge on any atom is -0.478 e. The van der Waals surface area contributed by atoms with Crippen LogP contribution in [0.3, 0.4) is 0 Å². The number of aromatic carboxylic acids is 1. The van der Waals surface area contributed by atoms with Gasteiger partial charge in [0.25, 0.3) is 5.69 Å². The van der Waals surface area contributed by atoms with E-state index in [4.69, 9.17) is 4.42 Å². The Morgan fingerprint density at radius 3 is 2.61 bits per heavy atom. The first-order valence-corrected chi connectivity index (χ1v) is 6.73. The lowest BCUT2D eigenvalue weighted by molar-refractivity contribution is -0.385. The molecule has 0 unspecified atom stereocenters. The molecule has 3 aromatic rings. The number of carbonyl (C=O) groups is 1. The summed E-state index contributed by atoms with van der Waals surface area (Å²) in [6, 6.07) is 13.1. The van der Waals surface area contributed by atoms with Crippen molar-refractivity contribution in [2.75, 3.05) is 0 Å². The van der Waals surface area contributed by atoms with E-state index in [1.54, 1.807) is 12.1 Å². The summed E-state index contributed by atoms with van der Waals surface area (Å²) in [6.45, 7) is 0. The van der Waals surface area contributed by atoms with Crippen molar-refractivity contribution in [3.63, 3.8) is 0 Å². The number of benzene rings is 2. The van der Waals surface area contributed by atoms with E-state index < -0.39 is 10.9 Å². The highest BCUT2D eigenvalue weighted by atomic mass is 16.6. The second kappa shape index (κ2) is 5.76. The first kappa shape index (κ1) is 14.5. The molecule has 114 valence electrons. The van der Waals surface area contributed by atoms with Crippen LogP contribution in [0.1, 0.15) is 21.7 Å². The zero-order valence-electron chi connectivity index (χ0n) is 11.8. The zero-order valence-corrected chi connectivity index (χ0v) is 11.8. The smallest absolute Gasteiger partial charge is 0.336 e. The molecule has 0 aliphatic carbocycles. The van der Waals surface area contributed by atoms with Crippen LogP contribution in [0.25, 0.3) is 23.1 Å². The first-order valence-electron chi connectivity index (χ1n) is 6.73. The van der Waals surface area contributed by atoms with Gasteiger partial charge >= 0.3 is 5.97 Å². The molecule has 0 aliphatic rings. The molecular weight excluding hydrogens is 298 g/mol. The summed E-state index contributed by atoms with van der Waals surface area (Å²) >= 11 is 0. The maximum atomic E-state index is 11.3. The van der Waals surface area contributed by atoms with Crippen molar-refractivity contribution in [3.05, 3.63) is 75.5 Å². The van der Waals surface area contributed by atoms with Gasteiger partial charge in [-0.15, -0.1) is 0 Å². The van der Waals surface area contributed by atoms with Crippen LogP contribution in [0.2, 0.25) is 0 Å². The van der Waals surface area contributed by atoms with Gasteiger partial charge in [-0.1, -0.05) is 24.3 Å². The number of nitro groups is 1. The number of hydrogen-bond acceptors (Lipinski definition) is 4. The summed E-state index contributed by atoms with van der Waals surface area (Å²) < 4.78 is 5.59. The Labute approximate surface area is 130 Å². The van der Waals surface area contributed by atoms with Gasteiger partial charge in [-0.05, 0) is 30.4 Å². The Balaban J connectivity index is 2.07. The van der Waals surface area contributed by atoms with Crippen molar-refractivity contribution in [2.24, 2.45) is 0 Å². The van der Waals surface area contributed by atoms with Crippen LogP contribution in [0, 0.1) is 10.1 Å². The Bertz CT molecular complexity index is 874. The van der Waals surface area contributed by atoms with Crippen LogP contribution in [0.4, 0.5) is 5.69 Å². The number of carboxylic acids is 1. The summed E-state index contributed by atoms with van der Waals surface area (Å²) in [5.41, 5.74) is 0.322. The highest BCUT2D eigenvalue weighted by Gasteiger charge is 2.19. The lowest BCUT2D eigenvalue weighted by Crippen LogP contribution is -2.02. The van der Waals surface area contributed by atoms with Crippen LogP contribution in [0.5, 0.6) is 0 Å². The van der Waals surface area contributed by atoms with E-state index >= 15 is 0 Å². The summed E-state index contributed by atoms with van der Waals surface area (Å²) in [5.74, 6) is -0.737. The Hall–Kier alpha value is -3.41. The molecule has 0 radical (unpaired) electrons. The minimum atomic E-state index is -1.22. The van der Waals surface area contributed by atoms with E-state index in [-0.39, 0.29) is 16.8 Å². The van der Waals surface area contributed by atoms with E-state index in [0.29, 0.717) is 11.3 Å². The maximum Gasteiger partial charge on any atom is 0.336 e. The molecule has 3 rings (SSSR count). The van der Waals surface area contributed by atoms with Crippen LogP contribution >= 0.6 is 0 Å². The summed E-state index contributed by atoms with van der Waals surface area (Å²) in [7, 11) is 0. The van der Waals surface area contributed by atoms with Crippen LogP contribution in [0.15, 0.2) is 52.9 Å². The Morgan fingerprint density at radius 1 is 1.13 bits per heavy atom. The van der Waals surface area contributed by atoms with E-state index in [1.807, 2.05) is 18.2 Å². The van der Waals surface area contributed by atoms with Crippen LogP contribution < -0.4 is 0 Å². The average molecular weight is 309 g/mol. The molecule has 6 nitrogen and oxygen atoms in total. The number of carboxylic acid groups (broad SMARTS) is 1. The van der Waals surface area contributed by atoms with Crippen molar-refractivity contribution in [1.29, 1.82) is 0 Å².